The maximum atomic E-state index is 11.9. The molecular formula is C9H8N2O2S. The van der Waals surface area contributed by atoms with Crippen LogP contribution < -0.4 is 0 Å². The van der Waals surface area contributed by atoms with Gasteiger partial charge in [0.2, 0.25) is 0 Å². The summed E-state index contributed by atoms with van der Waals surface area (Å²) in [5.41, 5.74) is 0.804. The molecule has 0 aliphatic carbocycles. The SMILES string of the molecule is O=S1(=O)c2ccccc2C2N=NCC21. The molecule has 0 fully saturated rings. The van der Waals surface area contributed by atoms with E-state index in [9.17, 15) is 8.42 Å². The number of fused-ring (bicyclic) bond motifs is 3. The van der Waals surface area contributed by atoms with Gasteiger partial charge < -0.3 is 0 Å². The average Bonchev–Trinajstić information content (AvgIpc) is 2.72. The van der Waals surface area contributed by atoms with Crippen LogP contribution in [0.15, 0.2) is 39.4 Å². The van der Waals surface area contributed by atoms with Crippen LogP contribution in [0.2, 0.25) is 0 Å². The fourth-order valence-corrected chi connectivity index (χ4v) is 3.98. The average molecular weight is 208 g/mol. The molecule has 0 bridgehead atoms. The van der Waals surface area contributed by atoms with Crippen molar-refractivity contribution in [2.24, 2.45) is 10.2 Å². The van der Waals surface area contributed by atoms with Crippen molar-refractivity contribution >= 4 is 9.84 Å². The number of rotatable bonds is 0. The predicted octanol–water partition coefficient (Wildman–Crippen LogP) is 1.35. The lowest BCUT2D eigenvalue weighted by Crippen LogP contribution is -2.19. The Bertz CT molecular complexity index is 521. The molecule has 0 radical (unpaired) electrons. The van der Waals surface area contributed by atoms with Crippen molar-refractivity contribution in [2.45, 2.75) is 16.2 Å². The molecule has 3 rings (SSSR count). The first-order valence-electron chi connectivity index (χ1n) is 4.41. The molecule has 14 heavy (non-hydrogen) atoms. The van der Waals surface area contributed by atoms with E-state index in [1.54, 1.807) is 12.1 Å². The number of hydrogen-bond acceptors (Lipinski definition) is 4. The lowest BCUT2D eigenvalue weighted by Gasteiger charge is -2.02. The lowest BCUT2D eigenvalue weighted by atomic mass is 10.1. The third-order valence-corrected chi connectivity index (χ3v) is 4.95. The Balaban J connectivity index is 2.34. The second kappa shape index (κ2) is 2.42. The van der Waals surface area contributed by atoms with E-state index in [0.29, 0.717) is 11.4 Å². The smallest absolute Gasteiger partial charge is 0.186 e. The summed E-state index contributed by atoms with van der Waals surface area (Å²) in [5.74, 6) is 0. The third kappa shape index (κ3) is 0.803. The van der Waals surface area contributed by atoms with Gasteiger partial charge in [-0.2, -0.15) is 10.2 Å². The van der Waals surface area contributed by atoms with E-state index in [0.717, 1.165) is 5.56 Å². The number of azo groups is 1. The van der Waals surface area contributed by atoms with Gasteiger partial charge in [-0.3, -0.25) is 0 Å². The van der Waals surface area contributed by atoms with Gasteiger partial charge in [-0.05, 0) is 11.6 Å². The number of hydrogen-bond donors (Lipinski definition) is 0. The molecule has 0 saturated heterocycles. The largest absolute Gasteiger partial charge is 0.223 e. The molecule has 0 aromatic heterocycles. The summed E-state index contributed by atoms with van der Waals surface area (Å²) in [6.07, 6.45) is 0. The fourth-order valence-electron chi connectivity index (χ4n) is 2.07. The maximum Gasteiger partial charge on any atom is 0.186 e. The summed E-state index contributed by atoms with van der Waals surface area (Å²) >= 11 is 0. The van der Waals surface area contributed by atoms with Crippen molar-refractivity contribution in [1.29, 1.82) is 0 Å². The molecule has 2 heterocycles. The second-order valence-corrected chi connectivity index (χ2v) is 5.64. The molecule has 1 aromatic rings. The molecule has 0 spiro atoms. The van der Waals surface area contributed by atoms with Crippen LogP contribution in [0.4, 0.5) is 0 Å². The van der Waals surface area contributed by atoms with Crippen molar-refractivity contribution in [3.8, 4) is 0 Å². The van der Waals surface area contributed by atoms with Crippen LogP contribution in [0.3, 0.4) is 0 Å². The molecule has 2 aliphatic rings. The topological polar surface area (TPSA) is 58.9 Å². The van der Waals surface area contributed by atoms with E-state index in [1.807, 2.05) is 12.1 Å². The summed E-state index contributed by atoms with van der Waals surface area (Å²) in [5, 5.41) is 7.34. The monoisotopic (exact) mass is 208 g/mol. The van der Waals surface area contributed by atoms with E-state index in [4.69, 9.17) is 0 Å². The lowest BCUT2D eigenvalue weighted by molar-refractivity contribution is 0.585. The Labute approximate surface area is 81.6 Å². The second-order valence-electron chi connectivity index (χ2n) is 3.51. The first-order chi connectivity index (χ1) is 6.71. The Morgan fingerprint density at radius 3 is 2.93 bits per heavy atom. The summed E-state index contributed by atoms with van der Waals surface area (Å²) in [6, 6.07) is 6.80. The minimum Gasteiger partial charge on any atom is -0.223 e. The zero-order chi connectivity index (χ0) is 9.76. The van der Waals surface area contributed by atoms with Gasteiger partial charge in [0, 0.05) is 0 Å². The molecule has 1 aromatic carbocycles. The minimum absolute atomic E-state index is 0.254. The van der Waals surface area contributed by atoms with Crippen LogP contribution in [0, 0.1) is 0 Å². The van der Waals surface area contributed by atoms with E-state index in [-0.39, 0.29) is 6.04 Å². The first kappa shape index (κ1) is 8.11. The Kier molecular flexibility index (Phi) is 1.40. The molecule has 2 unspecified atom stereocenters. The van der Waals surface area contributed by atoms with Crippen LogP contribution in [-0.2, 0) is 9.84 Å². The van der Waals surface area contributed by atoms with E-state index in [1.165, 1.54) is 0 Å². The van der Waals surface area contributed by atoms with Crippen LogP contribution in [0.1, 0.15) is 11.6 Å². The van der Waals surface area contributed by atoms with Gasteiger partial charge in [0.1, 0.15) is 11.3 Å². The van der Waals surface area contributed by atoms with Crippen LogP contribution in [0.5, 0.6) is 0 Å². The molecule has 0 amide bonds. The van der Waals surface area contributed by atoms with Gasteiger partial charge in [0.15, 0.2) is 9.84 Å². The van der Waals surface area contributed by atoms with Crippen molar-refractivity contribution in [1.82, 2.24) is 0 Å². The van der Waals surface area contributed by atoms with Crippen molar-refractivity contribution in [2.75, 3.05) is 6.54 Å². The molecule has 72 valence electrons. The van der Waals surface area contributed by atoms with Crippen LogP contribution in [-0.4, -0.2) is 20.2 Å². The van der Waals surface area contributed by atoms with Gasteiger partial charge in [-0.25, -0.2) is 8.42 Å². The molecular weight excluding hydrogens is 200 g/mol. The molecule has 0 saturated carbocycles. The predicted molar refractivity (Wildman–Crippen MR) is 49.9 cm³/mol. The van der Waals surface area contributed by atoms with Gasteiger partial charge in [-0.15, -0.1) is 0 Å². The number of nitrogens with zero attached hydrogens (tertiary/aromatic N) is 2. The van der Waals surface area contributed by atoms with Gasteiger partial charge in [0.05, 0.1) is 11.4 Å². The zero-order valence-electron chi connectivity index (χ0n) is 7.29. The highest BCUT2D eigenvalue weighted by molar-refractivity contribution is 7.92. The molecule has 0 N–H and O–H groups in total. The minimum atomic E-state index is -3.17. The van der Waals surface area contributed by atoms with E-state index in [2.05, 4.69) is 10.2 Å². The first-order valence-corrected chi connectivity index (χ1v) is 5.95. The van der Waals surface area contributed by atoms with Gasteiger partial charge in [0.25, 0.3) is 0 Å². The van der Waals surface area contributed by atoms with E-state index < -0.39 is 15.1 Å². The normalized spacial score (nSPS) is 31.4. The standard InChI is InChI=1S/C9H8N2O2S/c12-14(13)7-4-2-1-3-6(7)9-8(14)5-10-11-9/h1-4,8-9H,5H2. The maximum absolute atomic E-state index is 11.9. The summed E-state index contributed by atoms with van der Waals surface area (Å²) in [7, 11) is -3.17. The van der Waals surface area contributed by atoms with Crippen LogP contribution >= 0.6 is 0 Å². The molecule has 2 aliphatic heterocycles. The zero-order valence-corrected chi connectivity index (χ0v) is 8.11. The highest BCUT2D eigenvalue weighted by Gasteiger charge is 2.47. The van der Waals surface area contributed by atoms with Gasteiger partial charge >= 0.3 is 0 Å². The summed E-state index contributed by atoms with van der Waals surface area (Å²) in [4.78, 5) is 0.439. The number of sulfone groups is 1. The summed E-state index contributed by atoms with van der Waals surface area (Å²) in [6.45, 7) is 0.307. The molecule has 5 heteroatoms. The van der Waals surface area contributed by atoms with E-state index >= 15 is 0 Å². The van der Waals surface area contributed by atoms with Crippen molar-refractivity contribution in [3.63, 3.8) is 0 Å². The fraction of sp³-hybridized carbons (Fsp3) is 0.333. The number of benzene rings is 1. The quantitative estimate of drug-likeness (QED) is 0.646. The summed E-state index contributed by atoms with van der Waals surface area (Å²) < 4.78 is 23.9. The Morgan fingerprint density at radius 1 is 1.29 bits per heavy atom. The molecule has 4 nitrogen and oxygen atoms in total. The third-order valence-electron chi connectivity index (χ3n) is 2.76. The molecule has 2 atom stereocenters. The van der Waals surface area contributed by atoms with Crippen LogP contribution in [0.25, 0.3) is 0 Å². The highest BCUT2D eigenvalue weighted by atomic mass is 32.2. The highest BCUT2D eigenvalue weighted by Crippen LogP contribution is 2.43. The Morgan fingerprint density at radius 2 is 2.07 bits per heavy atom. The van der Waals surface area contributed by atoms with Gasteiger partial charge in [-0.1, -0.05) is 18.2 Å². The van der Waals surface area contributed by atoms with Crippen molar-refractivity contribution < 1.29 is 8.42 Å². The Hall–Kier alpha value is -1.23. The van der Waals surface area contributed by atoms with Crippen molar-refractivity contribution in [3.05, 3.63) is 29.8 Å².